The van der Waals surface area contributed by atoms with Crippen molar-refractivity contribution in [3.8, 4) is 5.69 Å². The topological polar surface area (TPSA) is 114 Å². The molecule has 1 aliphatic heterocycles. The van der Waals surface area contributed by atoms with Crippen molar-refractivity contribution >= 4 is 29.5 Å². The summed E-state index contributed by atoms with van der Waals surface area (Å²) in [6, 6.07) is 16.6. The van der Waals surface area contributed by atoms with Crippen molar-refractivity contribution < 1.29 is 41.5 Å². The van der Waals surface area contributed by atoms with Gasteiger partial charge in [-0.2, -0.15) is 18.3 Å². The number of alkyl halides is 3. The van der Waals surface area contributed by atoms with E-state index < -0.39 is 53.2 Å². The first-order chi connectivity index (χ1) is 23.3. The quantitative estimate of drug-likeness (QED) is 0.151. The van der Waals surface area contributed by atoms with Crippen molar-refractivity contribution in [2.45, 2.75) is 31.6 Å². The number of nitrogens with one attached hydrogen (secondary N) is 1. The monoisotopic (exact) mass is 677 g/mol. The summed E-state index contributed by atoms with van der Waals surface area (Å²) in [5, 5.41) is 7.49. The lowest BCUT2D eigenvalue weighted by molar-refractivity contribution is -0.137. The number of hydrogen-bond donors (Lipinski definition) is 1. The van der Waals surface area contributed by atoms with Crippen LogP contribution in [-0.2, 0) is 31.8 Å². The number of nitrogens with zero attached hydrogens (tertiary/aromatic N) is 4. The van der Waals surface area contributed by atoms with E-state index in [2.05, 4.69) is 10.1 Å². The van der Waals surface area contributed by atoms with Gasteiger partial charge in [0.15, 0.2) is 0 Å². The van der Waals surface area contributed by atoms with Crippen molar-refractivity contribution in [2.24, 2.45) is 0 Å². The molecule has 1 N–H and O–H groups in total. The number of amides is 3. The van der Waals surface area contributed by atoms with Gasteiger partial charge in [0.1, 0.15) is 17.7 Å². The number of anilines is 1. The van der Waals surface area contributed by atoms with Gasteiger partial charge in [0, 0.05) is 42.8 Å². The molecule has 0 unspecified atom stereocenters. The Bertz CT molecular complexity index is 1910. The fourth-order valence-corrected chi connectivity index (χ4v) is 5.67. The zero-order valence-corrected chi connectivity index (χ0v) is 26.6. The largest absolute Gasteiger partial charge is 0.466 e. The number of aromatic nitrogens is 2. The summed E-state index contributed by atoms with van der Waals surface area (Å²) in [5.74, 6) is -4.08. The van der Waals surface area contributed by atoms with E-state index in [0.717, 1.165) is 24.3 Å². The third-order valence-electron chi connectivity index (χ3n) is 8.02. The summed E-state index contributed by atoms with van der Waals surface area (Å²) in [6.45, 7) is 1.68. The van der Waals surface area contributed by atoms with Crippen molar-refractivity contribution in [2.75, 3.05) is 25.6 Å². The fourth-order valence-electron chi connectivity index (χ4n) is 5.67. The molecule has 10 nitrogen and oxygen atoms in total. The summed E-state index contributed by atoms with van der Waals surface area (Å²) in [5.41, 5.74) is 0.331. The molecule has 5 rings (SSSR count). The first-order valence-corrected chi connectivity index (χ1v) is 15.1. The lowest BCUT2D eigenvalue weighted by Crippen LogP contribution is -2.55. The van der Waals surface area contributed by atoms with E-state index >= 15 is 0 Å². The molecule has 14 heteroatoms. The van der Waals surface area contributed by atoms with Crippen molar-refractivity contribution in [1.29, 1.82) is 0 Å². The minimum absolute atomic E-state index is 0.104. The number of para-hydroxylation sites is 1. The average molecular weight is 678 g/mol. The molecule has 2 heterocycles. The number of methoxy groups -OCH3 is 1. The molecule has 0 saturated carbocycles. The zero-order chi connectivity index (χ0) is 35.5. The highest BCUT2D eigenvalue weighted by atomic mass is 19.4. The van der Waals surface area contributed by atoms with Crippen LogP contribution in [0.1, 0.15) is 45.6 Å². The van der Waals surface area contributed by atoms with Crippen LogP contribution in [0.4, 0.5) is 23.4 Å². The van der Waals surface area contributed by atoms with Gasteiger partial charge in [-0.1, -0.05) is 36.4 Å². The van der Waals surface area contributed by atoms with E-state index in [-0.39, 0.29) is 18.7 Å². The van der Waals surface area contributed by atoms with Gasteiger partial charge in [-0.05, 0) is 55.0 Å². The second-order valence-corrected chi connectivity index (χ2v) is 11.1. The van der Waals surface area contributed by atoms with Gasteiger partial charge < -0.3 is 15.0 Å². The van der Waals surface area contributed by atoms with E-state index in [1.807, 2.05) is 0 Å². The Labute approximate surface area is 278 Å². The van der Waals surface area contributed by atoms with E-state index in [9.17, 15) is 36.7 Å². The summed E-state index contributed by atoms with van der Waals surface area (Å²) in [4.78, 5) is 55.2. The molecule has 1 aliphatic rings. The minimum atomic E-state index is -4.71. The van der Waals surface area contributed by atoms with Gasteiger partial charge in [0.2, 0.25) is 5.91 Å². The second-order valence-electron chi connectivity index (χ2n) is 11.1. The van der Waals surface area contributed by atoms with Gasteiger partial charge in [0.05, 0.1) is 30.6 Å². The maximum absolute atomic E-state index is 14.4. The molecular weight excluding hydrogens is 646 g/mol. The Morgan fingerprint density at radius 3 is 2.33 bits per heavy atom. The van der Waals surface area contributed by atoms with Crippen molar-refractivity contribution in [1.82, 2.24) is 20.0 Å². The molecule has 3 aromatic carbocycles. The van der Waals surface area contributed by atoms with E-state index in [0.29, 0.717) is 34.4 Å². The van der Waals surface area contributed by atoms with Gasteiger partial charge in [-0.15, -0.1) is 0 Å². The highest BCUT2D eigenvalue weighted by Gasteiger charge is 2.46. The molecule has 3 amide bonds. The molecule has 49 heavy (non-hydrogen) atoms. The number of carbonyl (C=O) groups is 4. The summed E-state index contributed by atoms with van der Waals surface area (Å²) >= 11 is 0. The number of rotatable bonds is 9. The predicted octanol–water partition coefficient (Wildman–Crippen LogP) is 5.01. The Hall–Kier alpha value is -5.79. The first-order valence-electron chi connectivity index (χ1n) is 15.1. The number of hydrogen-bond acceptors (Lipinski definition) is 6. The molecule has 0 bridgehead atoms. The van der Waals surface area contributed by atoms with Crippen LogP contribution in [0.25, 0.3) is 5.69 Å². The molecule has 0 spiro atoms. The smallest absolute Gasteiger partial charge is 0.416 e. The highest BCUT2D eigenvalue weighted by molar-refractivity contribution is 6.05. The molecule has 1 aromatic heterocycles. The molecule has 254 valence electrons. The third kappa shape index (κ3) is 7.22. The maximum atomic E-state index is 14.4. The maximum Gasteiger partial charge on any atom is 0.416 e. The Morgan fingerprint density at radius 1 is 1.00 bits per heavy atom. The molecular formula is C35H31F4N5O5. The summed E-state index contributed by atoms with van der Waals surface area (Å²) in [7, 11) is 2.64. The summed E-state index contributed by atoms with van der Waals surface area (Å²) < 4.78 is 60.8. The highest BCUT2D eigenvalue weighted by Crippen LogP contribution is 2.44. The summed E-state index contributed by atoms with van der Waals surface area (Å²) in [6.07, 6.45) is -2.71. The number of benzene rings is 3. The zero-order valence-electron chi connectivity index (χ0n) is 26.6. The third-order valence-corrected chi connectivity index (χ3v) is 8.02. The van der Waals surface area contributed by atoms with Crippen molar-refractivity contribution in [3.05, 3.63) is 125 Å². The van der Waals surface area contributed by atoms with Crippen LogP contribution >= 0.6 is 0 Å². The standard InChI is InChI=1S/C35H31F4N5O5/c1-4-43-33-30(26(41-44(33)25-11-6-5-7-12-25)20-42(2)27(45)17-18-28(46)49-3)29(21-13-15-24(36)16-14-21)31(34(43)48)40-32(47)22-9-8-10-23(19-22)35(37,38)39/h5-19,29,31H,4,20H2,1-3H3,(H,40,47)/b18-17+/t29-,31+/m1/s1. The Kier molecular flexibility index (Phi) is 9.97. The number of esters is 1. The Balaban J connectivity index is 1.69. The Morgan fingerprint density at radius 2 is 1.69 bits per heavy atom. The molecule has 0 aliphatic carbocycles. The fraction of sp³-hybridized carbons (Fsp3) is 0.229. The minimum Gasteiger partial charge on any atom is -0.466 e. The van der Waals surface area contributed by atoms with E-state index in [4.69, 9.17) is 5.10 Å². The number of carbonyl (C=O) groups excluding carboxylic acids is 4. The van der Waals surface area contributed by atoms with Crippen LogP contribution in [-0.4, -0.2) is 65.1 Å². The number of halogens is 4. The van der Waals surface area contributed by atoms with Crippen LogP contribution in [0.3, 0.4) is 0 Å². The van der Waals surface area contributed by atoms with Crippen LogP contribution in [0.2, 0.25) is 0 Å². The van der Waals surface area contributed by atoms with Crippen LogP contribution < -0.4 is 10.2 Å². The predicted molar refractivity (Wildman–Crippen MR) is 170 cm³/mol. The van der Waals surface area contributed by atoms with Gasteiger partial charge in [-0.25, -0.2) is 13.9 Å². The second kappa shape index (κ2) is 14.1. The molecule has 0 fully saturated rings. The van der Waals surface area contributed by atoms with E-state index in [1.54, 1.807) is 37.3 Å². The van der Waals surface area contributed by atoms with E-state index in [1.165, 1.54) is 59.0 Å². The molecule has 2 atom stereocenters. The van der Waals surface area contributed by atoms with Gasteiger partial charge >= 0.3 is 12.1 Å². The number of likely N-dealkylation sites (N-methyl/N-ethyl adjacent to an activating group) is 2. The SMILES string of the molecule is CCN1C(=O)[C@@H](NC(=O)c2cccc(C(F)(F)F)c2)[C@H](c2ccc(F)cc2)c2c(CN(C)C(=O)/C=C/C(=O)OC)nn(-c3ccccc3)c21. The molecule has 4 aromatic rings. The van der Waals surface area contributed by atoms with Crippen LogP contribution in [0.15, 0.2) is 91.0 Å². The van der Waals surface area contributed by atoms with Gasteiger partial charge in [0.25, 0.3) is 11.8 Å². The lowest BCUT2D eigenvalue weighted by atomic mass is 9.80. The first kappa shape index (κ1) is 34.5. The van der Waals surface area contributed by atoms with Gasteiger partial charge in [-0.3, -0.25) is 19.3 Å². The number of ether oxygens (including phenoxy) is 1. The average Bonchev–Trinajstić information content (AvgIpc) is 3.46. The lowest BCUT2D eigenvalue weighted by Gasteiger charge is -2.38. The normalized spacial score (nSPS) is 16.0. The molecule has 0 radical (unpaired) electrons. The van der Waals surface area contributed by atoms with Crippen molar-refractivity contribution in [3.63, 3.8) is 0 Å². The molecule has 0 saturated heterocycles. The number of fused-ring (bicyclic) bond motifs is 1. The van der Waals surface area contributed by atoms with Crippen LogP contribution in [0.5, 0.6) is 0 Å². The van der Waals surface area contributed by atoms with Crippen LogP contribution in [0, 0.1) is 5.82 Å².